The van der Waals surface area contributed by atoms with E-state index in [1.807, 2.05) is 14.1 Å². The topological polar surface area (TPSA) is 110 Å². The molecular formula is C21H44N4O5. The highest BCUT2D eigenvalue weighted by Crippen LogP contribution is 1.96. The largest absolute Gasteiger partial charge is 0.379 e. The lowest BCUT2D eigenvalue weighted by Gasteiger charge is -2.08. The van der Waals surface area contributed by atoms with E-state index in [9.17, 15) is 9.59 Å². The SMILES string of the molecule is CNCCCCNC(=O)CCCC(=O)NCCCOCCOCCOCCCNC. The molecule has 0 radical (unpaired) electrons. The first kappa shape index (κ1) is 28.7. The van der Waals surface area contributed by atoms with Crippen LogP contribution in [-0.2, 0) is 23.8 Å². The van der Waals surface area contributed by atoms with Gasteiger partial charge in [-0.15, -0.1) is 0 Å². The van der Waals surface area contributed by atoms with E-state index in [1.165, 1.54) is 0 Å². The molecule has 0 rings (SSSR count). The van der Waals surface area contributed by atoms with Crippen LogP contribution in [0.4, 0.5) is 0 Å². The Balaban J connectivity index is 3.25. The van der Waals surface area contributed by atoms with E-state index in [-0.39, 0.29) is 11.8 Å². The monoisotopic (exact) mass is 432 g/mol. The smallest absolute Gasteiger partial charge is 0.220 e. The van der Waals surface area contributed by atoms with Gasteiger partial charge in [0.25, 0.3) is 0 Å². The van der Waals surface area contributed by atoms with E-state index in [0.29, 0.717) is 65.4 Å². The third kappa shape index (κ3) is 23.0. The average molecular weight is 433 g/mol. The minimum absolute atomic E-state index is 0.0169. The van der Waals surface area contributed by atoms with E-state index >= 15 is 0 Å². The molecule has 0 spiro atoms. The number of hydrogen-bond donors (Lipinski definition) is 4. The van der Waals surface area contributed by atoms with Gasteiger partial charge in [-0.05, 0) is 59.3 Å². The molecule has 0 bridgehead atoms. The summed E-state index contributed by atoms with van der Waals surface area (Å²) in [5.74, 6) is -0.00176. The Bertz CT molecular complexity index is 400. The molecule has 0 saturated heterocycles. The lowest BCUT2D eigenvalue weighted by Crippen LogP contribution is -2.27. The summed E-state index contributed by atoms with van der Waals surface area (Å²) < 4.78 is 16.3. The second-order valence-corrected chi connectivity index (χ2v) is 7.01. The molecule has 178 valence electrons. The van der Waals surface area contributed by atoms with Crippen LogP contribution in [0.2, 0.25) is 0 Å². The molecule has 0 aliphatic rings. The van der Waals surface area contributed by atoms with Crippen molar-refractivity contribution in [3.63, 3.8) is 0 Å². The minimum Gasteiger partial charge on any atom is -0.379 e. The van der Waals surface area contributed by atoms with Crippen LogP contribution in [0.15, 0.2) is 0 Å². The van der Waals surface area contributed by atoms with Gasteiger partial charge in [0.1, 0.15) is 0 Å². The van der Waals surface area contributed by atoms with Crippen molar-refractivity contribution >= 4 is 11.8 Å². The number of ether oxygens (including phenoxy) is 3. The zero-order valence-electron chi connectivity index (χ0n) is 19.1. The summed E-state index contributed by atoms with van der Waals surface area (Å²) in [5.41, 5.74) is 0. The number of hydrogen-bond acceptors (Lipinski definition) is 7. The van der Waals surface area contributed by atoms with Crippen LogP contribution in [-0.4, -0.2) is 91.7 Å². The molecule has 0 aromatic heterocycles. The van der Waals surface area contributed by atoms with Gasteiger partial charge in [0.05, 0.1) is 26.4 Å². The van der Waals surface area contributed by atoms with Gasteiger partial charge in [0, 0.05) is 39.1 Å². The molecular weight excluding hydrogens is 388 g/mol. The van der Waals surface area contributed by atoms with Gasteiger partial charge in [0.2, 0.25) is 11.8 Å². The fourth-order valence-electron chi connectivity index (χ4n) is 2.54. The standard InChI is InChI=1S/C21H44N4O5/c1-22-10-3-4-12-24-20(26)8-5-9-21(27)25-13-7-15-29-17-19-30-18-16-28-14-6-11-23-2/h22-23H,3-19H2,1-2H3,(H,24,26)(H,25,27). The van der Waals surface area contributed by atoms with Gasteiger partial charge in [0.15, 0.2) is 0 Å². The molecule has 0 aromatic carbocycles. The summed E-state index contributed by atoms with van der Waals surface area (Å²) >= 11 is 0. The fraction of sp³-hybridized carbons (Fsp3) is 0.905. The maximum absolute atomic E-state index is 11.7. The third-order valence-electron chi connectivity index (χ3n) is 4.23. The van der Waals surface area contributed by atoms with Gasteiger partial charge in [-0.1, -0.05) is 0 Å². The Morgan fingerprint density at radius 3 is 1.47 bits per heavy atom. The van der Waals surface area contributed by atoms with Gasteiger partial charge in [-0.25, -0.2) is 0 Å². The summed E-state index contributed by atoms with van der Waals surface area (Å²) in [6.45, 7) is 6.80. The van der Waals surface area contributed by atoms with Crippen molar-refractivity contribution in [2.45, 2.75) is 44.9 Å². The molecule has 0 unspecified atom stereocenters. The number of carbonyl (C=O) groups is 2. The average Bonchev–Trinajstić information content (AvgIpc) is 2.74. The maximum Gasteiger partial charge on any atom is 0.220 e. The third-order valence-corrected chi connectivity index (χ3v) is 4.23. The highest BCUT2D eigenvalue weighted by molar-refractivity contribution is 5.78. The predicted molar refractivity (Wildman–Crippen MR) is 119 cm³/mol. The number of amides is 2. The van der Waals surface area contributed by atoms with Crippen molar-refractivity contribution in [2.24, 2.45) is 0 Å². The van der Waals surface area contributed by atoms with Gasteiger partial charge in [-0.2, -0.15) is 0 Å². The Hall–Kier alpha value is -1.26. The Labute approximate surface area is 182 Å². The van der Waals surface area contributed by atoms with E-state index in [1.54, 1.807) is 0 Å². The first-order valence-corrected chi connectivity index (χ1v) is 11.3. The molecule has 0 heterocycles. The molecule has 0 aromatic rings. The van der Waals surface area contributed by atoms with E-state index in [0.717, 1.165) is 45.4 Å². The molecule has 0 saturated carbocycles. The van der Waals surface area contributed by atoms with E-state index in [4.69, 9.17) is 14.2 Å². The number of rotatable bonds is 23. The van der Waals surface area contributed by atoms with Crippen molar-refractivity contribution in [1.82, 2.24) is 21.3 Å². The number of nitrogens with one attached hydrogen (secondary N) is 4. The van der Waals surface area contributed by atoms with Gasteiger partial charge in [-0.3, -0.25) is 9.59 Å². The van der Waals surface area contributed by atoms with Crippen molar-refractivity contribution < 1.29 is 23.8 Å². The Morgan fingerprint density at radius 2 is 0.933 bits per heavy atom. The van der Waals surface area contributed by atoms with Crippen LogP contribution in [0.5, 0.6) is 0 Å². The van der Waals surface area contributed by atoms with Crippen molar-refractivity contribution in [2.75, 3.05) is 79.9 Å². The van der Waals surface area contributed by atoms with Gasteiger partial charge >= 0.3 is 0 Å². The first-order chi connectivity index (χ1) is 14.7. The summed E-state index contributed by atoms with van der Waals surface area (Å²) in [6.07, 6.45) is 5.11. The molecule has 0 aliphatic carbocycles. The predicted octanol–water partition coefficient (Wildman–Crippen LogP) is 0.438. The summed E-state index contributed by atoms with van der Waals surface area (Å²) in [6, 6.07) is 0. The summed E-state index contributed by atoms with van der Waals surface area (Å²) in [4.78, 5) is 23.4. The van der Waals surface area contributed by atoms with Crippen molar-refractivity contribution in [3.8, 4) is 0 Å². The van der Waals surface area contributed by atoms with Crippen LogP contribution in [0, 0.1) is 0 Å². The van der Waals surface area contributed by atoms with E-state index < -0.39 is 0 Å². The zero-order chi connectivity index (χ0) is 22.1. The second-order valence-electron chi connectivity index (χ2n) is 7.01. The van der Waals surface area contributed by atoms with E-state index in [2.05, 4.69) is 21.3 Å². The van der Waals surface area contributed by atoms with Crippen LogP contribution >= 0.6 is 0 Å². The molecule has 0 fully saturated rings. The van der Waals surface area contributed by atoms with Crippen LogP contribution in [0.3, 0.4) is 0 Å². The summed E-state index contributed by atoms with van der Waals surface area (Å²) in [5, 5.41) is 11.9. The Morgan fingerprint density at radius 1 is 0.533 bits per heavy atom. The fourth-order valence-corrected chi connectivity index (χ4v) is 2.54. The number of carbonyl (C=O) groups excluding carboxylic acids is 2. The lowest BCUT2D eigenvalue weighted by atomic mass is 10.2. The van der Waals surface area contributed by atoms with Crippen LogP contribution < -0.4 is 21.3 Å². The molecule has 0 aliphatic heterocycles. The molecule has 9 nitrogen and oxygen atoms in total. The first-order valence-electron chi connectivity index (χ1n) is 11.3. The summed E-state index contributed by atoms with van der Waals surface area (Å²) in [7, 11) is 3.84. The van der Waals surface area contributed by atoms with Crippen LogP contribution in [0.1, 0.15) is 44.9 Å². The highest BCUT2D eigenvalue weighted by Gasteiger charge is 2.04. The molecule has 4 N–H and O–H groups in total. The molecule has 2 amide bonds. The number of unbranched alkanes of at least 4 members (excludes halogenated alkanes) is 1. The second kappa shape index (κ2) is 24.0. The lowest BCUT2D eigenvalue weighted by molar-refractivity contribution is -0.122. The normalized spacial score (nSPS) is 10.9. The minimum atomic E-state index is -0.0186. The zero-order valence-corrected chi connectivity index (χ0v) is 19.1. The molecule has 9 heteroatoms. The quantitative estimate of drug-likeness (QED) is 0.173. The van der Waals surface area contributed by atoms with Crippen molar-refractivity contribution in [3.05, 3.63) is 0 Å². The maximum atomic E-state index is 11.7. The van der Waals surface area contributed by atoms with Gasteiger partial charge < -0.3 is 35.5 Å². The van der Waals surface area contributed by atoms with Crippen molar-refractivity contribution in [1.29, 1.82) is 0 Å². The van der Waals surface area contributed by atoms with Crippen LogP contribution in [0.25, 0.3) is 0 Å². The Kier molecular flexibility index (Phi) is 23.0. The molecule has 30 heavy (non-hydrogen) atoms. The highest BCUT2D eigenvalue weighted by atomic mass is 16.5. The molecule has 0 atom stereocenters.